The van der Waals surface area contributed by atoms with Gasteiger partial charge in [0.2, 0.25) is 47.1 Å². The average Bonchev–Trinajstić information content (AvgIpc) is 3.21. The first kappa shape index (κ1) is 46.9. The Bertz CT molecular complexity index is 1590. The molecule has 1 aliphatic carbocycles. The number of benzene rings is 1. The van der Waals surface area contributed by atoms with Gasteiger partial charge in [-0.1, -0.05) is 62.9 Å². The highest BCUT2D eigenvalue weighted by Gasteiger charge is 2.36. The van der Waals surface area contributed by atoms with E-state index in [4.69, 9.17) is 11.0 Å². The van der Waals surface area contributed by atoms with Crippen molar-refractivity contribution in [2.45, 2.75) is 127 Å². The Hall–Kier alpha value is -5.43. The van der Waals surface area contributed by atoms with Crippen molar-refractivity contribution < 1.29 is 53.3 Å². The summed E-state index contributed by atoms with van der Waals surface area (Å²) in [6, 6.07) is 2.27. The van der Waals surface area contributed by atoms with E-state index in [0.29, 0.717) is 37.7 Å². The van der Waals surface area contributed by atoms with Gasteiger partial charge in [-0.25, -0.2) is 4.89 Å². The molecular weight excluding hydrogens is 756 g/mol. The molecule has 1 saturated heterocycles. The number of Topliss-reactive ketones (excluding diaryl/α,β-unsaturated/α-hetero) is 1. The van der Waals surface area contributed by atoms with Crippen molar-refractivity contribution in [1.82, 2.24) is 37.2 Å². The Morgan fingerprint density at radius 3 is 2.22 bits per heavy atom. The SMILES string of the molecule is CCCC(NC(=O)[C@@H]1CCCCNC(=O)CCC(=O)N[C@H](CCCOO)C(=O)N[C@@H](C2CCCCC2)C(=O)N1)C(=O)C(=O)NCC(=O)N[C@H](C(N)=O)c1ccccc1. The second-order valence-corrected chi connectivity index (χ2v) is 14.6. The van der Waals surface area contributed by atoms with Crippen LogP contribution in [0.5, 0.6) is 0 Å². The molecule has 1 saturated carbocycles. The number of ketones is 1. The van der Waals surface area contributed by atoms with E-state index in [1.165, 1.54) is 0 Å². The smallest absolute Gasteiger partial charge is 0.290 e. The van der Waals surface area contributed by atoms with Gasteiger partial charge in [0.25, 0.3) is 5.91 Å². The predicted molar refractivity (Wildman–Crippen MR) is 208 cm³/mol. The molecule has 10 N–H and O–H groups in total. The molecule has 2 aliphatic rings. The maximum absolute atomic E-state index is 14.1. The van der Waals surface area contributed by atoms with Crippen LogP contribution < -0.4 is 43.0 Å². The van der Waals surface area contributed by atoms with Crippen molar-refractivity contribution in [3.63, 3.8) is 0 Å². The van der Waals surface area contributed by atoms with Crippen LogP contribution in [-0.4, -0.2) is 102 Å². The fourth-order valence-electron chi connectivity index (χ4n) is 6.97. The van der Waals surface area contributed by atoms with E-state index in [2.05, 4.69) is 42.1 Å². The first-order valence-electron chi connectivity index (χ1n) is 20.0. The molecule has 8 amide bonds. The maximum atomic E-state index is 14.1. The molecule has 19 heteroatoms. The summed E-state index contributed by atoms with van der Waals surface area (Å²) in [7, 11) is 0. The Kier molecular flexibility index (Phi) is 20.3. The lowest BCUT2D eigenvalue weighted by Crippen LogP contribution is -2.60. The Morgan fingerprint density at radius 2 is 1.55 bits per heavy atom. The summed E-state index contributed by atoms with van der Waals surface area (Å²) in [6.45, 7) is 1.17. The number of carbonyl (C=O) groups excluding carboxylic acids is 9. The molecule has 58 heavy (non-hydrogen) atoms. The van der Waals surface area contributed by atoms with Gasteiger partial charge in [-0.15, -0.1) is 0 Å². The normalized spacial score (nSPS) is 21.4. The van der Waals surface area contributed by atoms with Gasteiger partial charge in [0.05, 0.1) is 19.2 Å². The van der Waals surface area contributed by atoms with Crippen LogP contribution in [0, 0.1) is 5.92 Å². The fourth-order valence-corrected chi connectivity index (χ4v) is 6.97. The summed E-state index contributed by atoms with van der Waals surface area (Å²) >= 11 is 0. The molecule has 0 bridgehead atoms. The summed E-state index contributed by atoms with van der Waals surface area (Å²) in [6.07, 6.45) is 4.96. The molecule has 1 aromatic rings. The molecular formula is C39H58N8O11. The molecule has 19 nitrogen and oxygen atoms in total. The van der Waals surface area contributed by atoms with E-state index in [1.807, 2.05) is 0 Å². The number of carbonyl (C=O) groups is 9. The lowest BCUT2D eigenvalue weighted by atomic mass is 9.83. The van der Waals surface area contributed by atoms with Crippen LogP contribution in [0.15, 0.2) is 30.3 Å². The second kappa shape index (κ2) is 25.0. The van der Waals surface area contributed by atoms with Crippen LogP contribution in [0.1, 0.15) is 108 Å². The van der Waals surface area contributed by atoms with Gasteiger partial charge in [0.15, 0.2) is 0 Å². The molecule has 2 fully saturated rings. The minimum atomic E-state index is -1.33. The number of hydrogen-bond donors (Lipinski definition) is 9. The first-order valence-corrected chi connectivity index (χ1v) is 20.0. The summed E-state index contributed by atoms with van der Waals surface area (Å²) in [4.78, 5) is 122. The van der Waals surface area contributed by atoms with Gasteiger partial charge in [0, 0.05) is 19.4 Å². The monoisotopic (exact) mass is 814 g/mol. The fraction of sp³-hybridized carbons (Fsp3) is 0.615. The topological polar surface area (TPSA) is 293 Å². The third kappa shape index (κ3) is 15.8. The lowest BCUT2D eigenvalue weighted by molar-refractivity contribution is -0.242. The molecule has 0 aromatic heterocycles. The minimum Gasteiger partial charge on any atom is -0.368 e. The van der Waals surface area contributed by atoms with Crippen LogP contribution >= 0.6 is 0 Å². The van der Waals surface area contributed by atoms with E-state index < -0.39 is 89.8 Å². The van der Waals surface area contributed by atoms with Gasteiger partial charge >= 0.3 is 0 Å². The van der Waals surface area contributed by atoms with E-state index in [9.17, 15) is 43.2 Å². The van der Waals surface area contributed by atoms with Crippen LogP contribution in [0.2, 0.25) is 0 Å². The van der Waals surface area contributed by atoms with Crippen molar-refractivity contribution in [2.24, 2.45) is 11.7 Å². The average molecular weight is 815 g/mol. The lowest BCUT2D eigenvalue weighted by Gasteiger charge is -2.32. The predicted octanol–water partition coefficient (Wildman–Crippen LogP) is -0.316. The molecule has 1 aliphatic heterocycles. The van der Waals surface area contributed by atoms with E-state index in [0.717, 1.165) is 19.3 Å². The van der Waals surface area contributed by atoms with E-state index in [-0.39, 0.29) is 57.6 Å². The zero-order valence-electron chi connectivity index (χ0n) is 33.0. The van der Waals surface area contributed by atoms with Crippen LogP contribution in [-0.2, 0) is 48.0 Å². The quantitative estimate of drug-likeness (QED) is 0.0451. The van der Waals surface area contributed by atoms with E-state index >= 15 is 0 Å². The van der Waals surface area contributed by atoms with Crippen LogP contribution in [0.3, 0.4) is 0 Å². The highest BCUT2D eigenvalue weighted by Crippen LogP contribution is 2.27. The number of nitrogens with one attached hydrogen (secondary N) is 7. The van der Waals surface area contributed by atoms with Gasteiger partial charge in [-0.05, 0) is 62.8 Å². The third-order valence-corrected chi connectivity index (χ3v) is 10.1. The largest absolute Gasteiger partial charge is 0.368 e. The van der Waals surface area contributed by atoms with E-state index in [1.54, 1.807) is 37.3 Å². The van der Waals surface area contributed by atoms with Crippen molar-refractivity contribution in [1.29, 1.82) is 0 Å². The van der Waals surface area contributed by atoms with Gasteiger partial charge in [0.1, 0.15) is 24.2 Å². The molecule has 1 aromatic carbocycles. The summed E-state index contributed by atoms with van der Waals surface area (Å²) in [5.41, 5.74) is 5.88. The molecule has 5 atom stereocenters. The van der Waals surface area contributed by atoms with Gasteiger partial charge in [-0.3, -0.25) is 48.4 Å². The van der Waals surface area contributed by atoms with Crippen molar-refractivity contribution in [3.8, 4) is 0 Å². The van der Waals surface area contributed by atoms with Crippen molar-refractivity contribution in [2.75, 3.05) is 19.7 Å². The molecule has 1 unspecified atom stereocenters. The molecule has 1 heterocycles. The van der Waals surface area contributed by atoms with Crippen molar-refractivity contribution in [3.05, 3.63) is 35.9 Å². The standard InChI is InChI=1S/C39H58N8O11/c1-2-12-26(34(51)39(56)42-23-31(50)46-32(35(40)52)24-13-5-3-6-14-24)44-36(53)28-17-9-10-21-41-29(48)19-20-30(49)43-27(18-11-22-58-57)37(54)47-33(38(55)45-28)25-15-7-4-8-16-25/h3,5-6,13-14,25-28,32-33,57H,2,4,7-12,15-23H2,1H3,(H2,40,52)(H,41,48)(H,42,56)(H,43,49)(H,44,53)(H,45,55)(H,46,50)(H,47,54)/t26?,27-,28+,32+,33+/m1/s1. The first-order chi connectivity index (χ1) is 27.8. The Morgan fingerprint density at radius 1 is 0.862 bits per heavy atom. The third-order valence-electron chi connectivity index (χ3n) is 10.1. The minimum absolute atomic E-state index is 0.0455. The number of hydrogen-bond acceptors (Lipinski definition) is 11. The van der Waals surface area contributed by atoms with Crippen LogP contribution in [0.25, 0.3) is 0 Å². The highest BCUT2D eigenvalue weighted by molar-refractivity contribution is 6.38. The summed E-state index contributed by atoms with van der Waals surface area (Å²) in [5.74, 6) is -7.13. The van der Waals surface area contributed by atoms with Gasteiger partial charge < -0.3 is 43.0 Å². The Labute approximate surface area is 337 Å². The number of amides is 8. The molecule has 0 radical (unpaired) electrons. The number of primary amides is 1. The van der Waals surface area contributed by atoms with Gasteiger partial charge in [-0.2, -0.15) is 0 Å². The van der Waals surface area contributed by atoms with Crippen molar-refractivity contribution >= 4 is 53.0 Å². The molecule has 320 valence electrons. The summed E-state index contributed by atoms with van der Waals surface area (Å²) < 4.78 is 0. The zero-order valence-corrected chi connectivity index (χ0v) is 33.0. The number of nitrogens with two attached hydrogens (primary N) is 1. The summed E-state index contributed by atoms with van der Waals surface area (Å²) in [5, 5.41) is 27.0. The zero-order chi connectivity index (χ0) is 42.5. The highest BCUT2D eigenvalue weighted by atomic mass is 17.1. The second-order valence-electron chi connectivity index (χ2n) is 14.6. The number of rotatable bonds is 16. The molecule has 3 rings (SSSR count). The molecule has 0 spiro atoms. The van der Waals surface area contributed by atoms with Crippen LogP contribution in [0.4, 0.5) is 0 Å². The Balaban J connectivity index is 1.78. The maximum Gasteiger partial charge on any atom is 0.290 e.